The Kier molecular flexibility index (Phi) is 13.3. The van der Waals surface area contributed by atoms with Gasteiger partial charge in [0.2, 0.25) is 6.29 Å². The molecule has 0 spiro atoms. The summed E-state index contributed by atoms with van der Waals surface area (Å²) in [5, 5.41) is 107. The fourth-order valence-electron chi connectivity index (χ4n) is 7.27. The highest BCUT2D eigenvalue weighted by Crippen LogP contribution is 2.44. The van der Waals surface area contributed by atoms with Gasteiger partial charge < -0.3 is 93.7 Å². The van der Waals surface area contributed by atoms with Crippen LogP contribution in [0, 0.1) is 0 Å². The molecule has 7 rings (SSSR count). The van der Waals surface area contributed by atoms with Gasteiger partial charge in [-0.3, -0.25) is 4.79 Å². The number of methoxy groups -OCH3 is 1. The first-order chi connectivity index (χ1) is 29.1. The lowest BCUT2D eigenvalue weighted by Gasteiger charge is -2.44. The maximum Gasteiger partial charge on any atom is 0.338 e. The minimum Gasteiger partial charge on any atom is -0.507 e. The number of hydrogen-bond donors (Lipinski definition) is 10. The number of ether oxygens (including phenoxy) is 9. The number of esters is 1. The number of aliphatic hydroxyl groups excluding tert-OH is 7. The first kappa shape index (κ1) is 44.3. The number of aromatic hydroxyl groups is 2. The second-order valence-electron chi connectivity index (χ2n) is 14.9. The van der Waals surface area contributed by atoms with Crippen LogP contribution >= 0.6 is 0 Å². The van der Waals surface area contributed by atoms with Crippen molar-refractivity contribution in [2.75, 3.05) is 33.5 Å². The summed E-state index contributed by atoms with van der Waals surface area (Å²) < 4.78 is 50.9. The maximum absolute atomic E-state index is 13.3. The largest absolute Gasteiger partial charge is 0.507 e. The number of hydrogen-bond acceptors (Lipinski definition) is 21. The summed E-state index contributed by atoms with van der Waals surface area (Å²) in [5.74, 6) is -2.28. The molecule has 0 saturated carbocycles. The zero-order valence-electron chi connectivity index (χ0n) is 32.3. The number of rotatable bonds is 13. The summed E-state index contributed by atoms with van der Waals surface area (Å²) in [4.78, 5) is 25.8. The van der Waals surface area contributed by atoms with Crippen molar-refractivity contribution < 1.29 is 103 Å². The van der Waals surface area contributed by atoms with Crippen LogP contribution in [-0.2, 0) is 28.4 Å². The van der Waals surface area contributed by atoms with E-state index in [4.69, 9.17) is 42.6 Å². The molecule has 4 aliphatic rings. The molecule has 21 nitrogen and oxygen atoms in total. The molecule has 4 heterocycles. The topological polar surface area (TPSA) is 320 Å². The van der Waals surface area contributed by atoms with E-state index in [2.05, 4.69) is 0 Å². The van der Waals surface area contributed by atoms with Crippen molar-refractivity contribution >= 4 is 11.8 Å². The number of benzene rings is 3. The van der Waals surface area contributed by atoms with Gasteiger partial charge in [-0.05, 0) is 29.8 Å². The van der Waals surface area contributed by atoms with Crippen LogP contribution in [0.25, 0.3) is 0 Å². The molecule has 4 aliphatic heterocycles. The second kappa shape index (κ2) is 18.3. The molecule has 0 aliphatic carbocycles. The van der Waals surface area contributed by atoms with Gasteiger partial charge in [0.05, 0.1) is 38.9 Å². The van der Waals surface area contributed by atoms with Crippen molar-refractivity contribution in [3.63, 3.8) is 0 Å². The van der Waals surface area contributed by atoms with Crippen LogP contribution in [0.4, 0.5) is 0 Å². The quantitative estimate of drug-likeness (QED) is 0.0843. The Morgan fingerprint density at radius 1 is 0.836 bits per heavy atom. The van der Waals surface area contributed by atoms with Gasteiger partial charge in [-0.2, -0.15) is 0 Å². The molecule has 0 aromatic heterocycles. The summed E-state index contributed by atoms with van der Waals surface area (Å²) in [5.41, 5.74) is -1.76. The van der Waals surface area contributed by atoms with Gasteiger partial charge in [0, 0.05) is 12.1 Å². The van der Waals surface area contributed by atoms with E-state index >= 15 is 0 Å². The van der Waals surface area contributed by atoms with E-state index in [0.29, 0.717) is 5.56 Å². The van der Waals surface area contributed by atoms with Crippen LogP contribution in [0.5, 0.6) is 28.7 Å². The minimum atomic E-state index is -2.21. The van der Waals surface area contributed by atoms with Crippen molar-refractivity contribution in [3.8, 4) is 28.7 Å². The lowest BCUT2D eigenvalue weighted by atomic mass is 9.95. The van der Waals surface area contributed by atoms with Crippen LogP contribution in [0.1, 0.15) is 38.8 Å². The lowest BCUT2D eigenvalue weighted by molar-refractivity contribution is -0.337. The highest BCUT2D eigenvalue weighted by Gasteiger charge is 2.55. The minimum absolute atomic E-state index is 0.119. The SMILES string of the molecule is COc1cc(C2CC(=O)c3c(O)cc(O[C@@H]4O[C@H](CO[C@H]5O[C@@H](CO)[C@H](O)[C@@H](O)[C@@H]5O)[C@@H](O)[C@H](O)[C@H]4O[C@@H]4OC[C@](O)(COC(=O)c5ccccc5)[C@H]4O)cc3O2)ccc1O. The maximum atomic E-state index is 13.3. The molecule has 61 heavy (non-hydrogen) atoms. The van der Waals surface area contributed by atoms with Crippen LogP contribution in [-0.4, -0.2) is 176 Å². The molecule has 0 bridgehead atoms. The van der Waals surface area contributed by atoms with E-state index in [-0.39, 0.29) is 40.5 Å². The Balaban J connectivity index is 1.12. The van der Waals surface area contributed by atoms with Gasteiger partial charge in [-0.1, -0.05) is 24.3 Å². The molecule has 3 fully saturated rings. The monoisotopic (exact) mass is 862 g/mol. The van der Waals surface area contributed by atoms with Crippen molar-refractivity contribution in [1.82, 2.24) is 0 Å². The Morgan fingerprint density at radius 2 is 1.56 bits per heavy atom. The summed E-state index contributed by atoms with van der Waals surface area (Å²) in [6.07, 6.45) is -22.1. The van der Waals surface area contributed by atoms with Gasteiger partial charge in [-0.25, -0.2) is 4.79 Å². The van der Waals surface area contributed by atoms with Gasteiger partial charge in [-0.15, -0.1) is 0 Å². The van der Waals surface area contributed by atoms with Crippen LogP contribution in [0.15, 0.2) is 60.7 Å². The highest BCUT2D eigenvalue weighted by molar-refractivity contribution is 6.02. The fourth-order valence-corrected chi connectivity index (χ4v) is 7.27. The predicted molar refractivity (Wildman–Crippen MR) is 198 cm³/mol. The first-order valence-electron chi connectivity index (χ1n) is 19.1. The van der Waals surface area contributed by atoms with Crippen LogP contribution in [0.3, 0.4) is 0 Å². The summed E-state index contributed by atoms with van der Waals surface area (Å²) in [7, 11) is 1.35. The molecular weight excluding hydrogens is 816 g/mol. The van der Waals surface area contributed by atoms with E-state index in [9.17, 15) is 60.7 Å². The average Bonchev–Trinajstić information content (AvgIpc) is 3.53. The van der Waals surface area contributed by atoms with Crippen molar-refractivity contribution in [2.24, 2.45) is 0 Å². The van der Waals surface area contributed by atoms with E-state index in [0.717, 1.165) is 6.07 Å². The molecule has 3 aromatic rings. The number of ketones is 1. The van der Waals surface area contributed by atoms with Crippen molar-refractivity contribution in [2.45, 2.75) is 91.9 Å². The zero-order valence-corrected chi connectivity index (χ0v) is 32.3. The van der Waals surface area contributed by atoms with Crippen LogP contribution < -0.4 is 14.2 Å². The van der Waals surface area contributed by atoms with Gasteiger partial charge in [0.15, 0.2) is 41.6 Å². The predicted octanol–water partition coefficient (Wildman–Crippen LogP) is -1.85. The Bertz CT molecular complexity index is 2020. The van der Waals surface area contributed by atoms with Gasteiger partial charge in [0.1, 0.15) is 84.4 Å². The second-order valence-corrected chi connectivity index (χ2v) is 14.9. The molecule has 1 unspecified atom stereocenters. The summed E-state index contributed by atoms with van der Waals surface area (Å²) in [6.45, 7) is -2.80. The highest BCUT2D eigenvalue weighted by atomic mass is 16.8. The number of Topliss-reactive ketones (excluding diaryl/α,β-unsaturated/α-hetero) is 1. The number of carbonyl (C=O) groups excluding carboxylic acids is 2. The number of aliphatic hydroxyl groups is 8. The fraction of sp³-hybridized carbons (Fsp3) is 0.500. The van der Waals surface area contributed by atoms with Crippen molar-refractivity contribution in [1.29, 1.82) is 0 Å². The van der Waals surface area contributed by atoms with E-state index in [1.807, 2.05) is 0 Å². The Morgan fingerprint density at radius 3 is 2.28 bits per heavy atom. The van der Waals surface area contributed by atoms with Gasteiger partial charge in [0.25, 0.3) is 0 Å². The number of phenols is 2. The van der Waals surface area contributed by atoms with Crippen molar-refractivity contribution in [3.05, 3.63) is 77.4 Å². The van der Waals surface area contributed by atoms with E-state index in [1.54, 1.807) is 18.2 Å². The smallest absolute Gasteiger partial charge is 0.338 e. The Labute approximate surface area is 346 Å². The molecule has 0 amide bonds. The third-order valence-corrected chi connectivity index (χ3v) is 10.8. The van der Waals surface area contributed by atoms with Gasteiger partial charge >= 0.3 is 5.97 Å². The number of phenolic OH excluding ortho intramolecular Hbond substituents is 2. The molecule has 14 atom stereocenters. The number of carbonyl (C=O) groups is 2. The lowest BCUT2D eigenvalue weighted by Crippen LogP contribution is -2.63. The molecule has 10 N–H and O–H groups in total. The van der Waals surface area contributed by atoms with E-state index < -0.39 is 129 Å². The molecule has 332 valence electrons. The third-order valence-electron chi connectivity index (χ3n) is 10.8. The standard InChI is InChI=1S/C40H46O21/c1-53-24-9-18(7-8-20(24)42)23-12-22(44)28-21(43)10-19(11-25(28)58-23)57-38-34(61-39-35(50)40(52,16-56-39)15-55-36(51)17-5-3-2-4-6-17)32(48)30(46)27(60-38)14-54-37-33(49)31(47)29(45)26(13-41)59-37/h2-11,23,26-27,29-35,37-39,41-43,45-50,52H,12-16H2,1H3/t23?,26-,27+,29-,30+,31+,32-,33-,34+,35-,37-,38+,39-,40+/m0/s1. The normalized spacial score (nSPS) is 34.9. The molecule has 3 aromatic carbocycles. The first-order valence-corrected chi connectivity index (χ1v) is 19.1. The number of fused-ring (bicyclic) bond motifs is 1. The average molecular weight is 863 g/mol. The molecule has 0 radical (unpaired) electrons. The third kappa shape index (κ3) is 9.11. The zero-order chi connectivity index (χ0) is 43.7. The summed E-state index contributed by atoms with van der Waals surface area (Å²) in [6, 6.07) is 14.5. The molecule has 21 heteroatoms. The Hall–Kier alpha value is -4.72. The van der Waals surface area contributed by atoms with Crippen LogP contribution in [0.2, 0.25) is 0 Å². The summed E-state index contributed by atoms with van der Waals surface area (Å²) >= 11 is 0. The van der Waals surface area contributed by atoms with E-state index in [1.165, 1.54) is 43.5 Å². The molecule has 3 saturated heterocycles. The molecular formula is C40H46O21.